The van der Waals surface area contributed by atoms with Crippen molar-refractivity contribution in [3.05, 3.63) is 0 Å². The molecule has 1 unspecified atom stereocenters. The highest BCUT2D eigenvalue weighted by Crippen LogP contribution is 2.45. The van der Waals surface area contributed by atoms with Crippen LogP contribution in [0.3, 0.4) is 0 Å². The Hall–Kier alpha value is -0.810. The molecule has 0 amide bonds. The summed E-state index contributed by atoms with van der Waals surface area (Å²) < 4.78 is 5.84. The molecular formula is C17H32N4O. The molecule has 1 spiro atoms. The van der Waals surface area contributed by atoms with Crippen LogP contribution in [0, 0.1) is 5.41 Å². The third kappa shape index (κ3) is 3.74. The molecule has 2 aliphatic heterocycles. The van der Waals surface area contributed by atoms with Gasteiger partial charge in [-0.15, -0.1) is 0 Å². The molecule has 126 valence electrons. The predicted molar refractivity (Wildman–Crippen MR) is 90.3 cm³/mol. The fourth-order valence-electron chi connectivity index (χ4n) is 4.24. The average Bonchev–Trinajstić information content (AvgIpc) is 3.14. The lowest BCUT2D eigenvalue weighted by Crippen LogP contribution is -2.44. The quantitative estimate of drug-likeness (QED) is 0.634. The number of rotatable bonds is 3. The van der Waals surface area contributed by atoms with Crippen LogP contribution in [0.15, 0.2) is 4.99 Å². The van der Waals surface area contributed by atoms with E-state index in [1.54, 1.807) is 0 Å². The Morgan fingerprint density at radius 2 is 2.09 bits per heavy atom. The van der Waals surface area contributed by atoms with Gasteiger partial charge in [0, 0.05) is 32.7 Å². The van der Waals surface area contributed by atoms with Crippen LogP contribution in [0.1, 0.15) is 39.0 Å². The molecule has 3 aliphatic rings. The zero-order valence-corrected chi connectivity index (χ0v) is 14.3. The van der Waals surface area contributed by atoms with Crippen LogP contribution in [0.2, 0.25) is 0 Å². The van der Waals surface area contributed by atoms with E-state index < -0.39 is 0 Å². The number of ether oxygens (including phenoxy) is 1. The van der Waals surface area contributed by atoms with Crippen molar-refractivity contribution >= 4 is 5.96 Å². The van der Waals surface area contributed by atoms with Crippen molar-refractivity contribution in [1.82, 2.24) is 15.1 Å². The maximum Gasteiger partial charge on any atom is 0.194 e. The topological polar surface area (TPSA) is 40.1 Å². The van der Waals surface area contributed by atoms with Crippen molar-refractivity contribution in [3.8, 4) is 0 Å². The van der Waals surface area contributed by atoms with Crippen molar-refractivity contribution in [1.29, 1.82) is 0 Å². The molecule has 1 saturated carbocycles. The Kier molecular flexibility index (Phi) is 5.24. The summed E-state index contributed by atoms with van der Waals surface area (Å²) in [6.07, 6.45) is 7.27. The van der Waals surface area contributed by atoms with E-state index in [2.05, 4.69) is 29.1 Å². The van der Waals surface area contributed by atoms with E-state index in [0.29, 0.717) is 5.41 Å². The second-order valence-electron chi connectivity index (χ2n) is 7.33. The monoisotopic (exact) mass is 308 g/mol. The number of morpholine rings is 1. The van der Waals surface area contributed by atoms with E-state index in [-0.39, 0.29) is 6.10 Å². The van der Waals surface area contributed by atoms with Crippen molar-refractivity contribution in [3.63, 3.8) is 0 Å². The number of guanidine groups is 1. The summed E-state index contributed by atoms with van der Waals surface area (Å²) in [5.74, 6) is 1.10. The summed E-state index contributed by atoms with van der Waals surface area (Å²) in [4.78, 5) is 9.71. The molecule has 0 aromatic carbocycles. The molecule has 1 N–H and O–H groups in total. The lowest BCUT2D eigenvalue weighted by Gasteiger charge is -2.30. The van der Waals surface area contributed by atoms with E-state index in [9.17, 15) is 0 Å². The number of nitrogens with one attached hydrogen (secondary N) is 1. The smallest absolute Gasteiger partial charge is 0.194 e. The summed E-state index contributed by atoms with van der Waals surface area (Å²) in [7, 11) is 2.16. The van der Waals surface area contributed by atoms with Crippen LogP contribution in [0.25, 0.3) is 0 Å². The summed E-state index contributed by atoms with van der Waals surface area (Å²) in [5.41, 5.74) is 0.595. The SMILES string of the molecule is CCNC(=NCC1CN(C)CCO1)N1CCC2(CCCC2)C1. The Labute approximate surface area is 135 Å². The number of hydrogen-bond acceptors (Lipinski definition) is 3. The van der Waals surface area contributed by atoms with Gasteiger partial charge in [-0.1, -0.05) is 12.8 Å². The Morgan fingerprint density at radius 1 is 1.27 bits per heavy atom. The van der Waals surface area contributed by atoms with E-state index in [1.165, 1.54) is 38.6 Å². The summed E-state index contributed by atoms with van der Waals surface area (Å²) >= 11 is 0. The third-order valence-corrected chi connectivity index (χ3v) is 5.52. The molecule has 22 heavy (non-hydrogen) atoms. The number of likely N-dealkylation sites (tertiary alicyclic amines) is 1. The number of nitrogens with zero attached hydrogens (tertiary/aromatic N) is 3. The lowest BCUT2D eigenvalue weighted by molar-refractivity contribution is -0.0137. The molecule has 0 bridgehead atoms. The van der Waals surface area contributed by atoms with Gasteiger partial charge in [-0.3, -0.25) is 4.99 Å². The van der Waals surface area contributed by atoms with Gasteiger partial charge in [0.2, 0.25) is 0 Å². The van der Waals surface area contributed by atoms with Crippen molar-refractivity contribution in [2.24, 2.45) is 10.4 Å². The van der Waals surface area contributed by atoms with Gasteiger partial charge >= 0.3 is 0 Å². The standard InChI is InChI=1S/C17H32N4O/c1-3-18-16(19-12-15-13-20(2)10-11-22-15)21-9-8-17(14-21)6-4-5-7-17/h15H,3-14H2,1-2H3,(H,18,19). The van der Waals surface area contributed by atoms with Crippen LogP contribution in [0.5, 0.6) is 0 Å². The molecule has 1 aliphatic carbocycles. The second-order valence-corrected chi connectivity index (χ2v) is 7.33. The maximum atomic E-state index is 5.84. The molecule has 0 radical (unpaired) electrons. The minimum absolute atomic E-state index is 0.246. The van der Waals surface area contributed by atoms with Crippen LogP contribution in [-0.2, 0) is 4.74 Å². The van der Waals surface area contributed by atoms with Crippen molar-refractivity contribution in [2.45, 2.75) is 45.1 Å². The molecule has 5 nitrogen and oxygen atoms in total. The van der Waals surface area contributed by atoms with E-state index >= 15 is 0 Å². The molecule has 2 saturated heterocycles. The van der Waals surface area contributed by atoms with Gasteiger partial charge in [-0.25, -0.2) is 0 Å². The highest BCUT2D eigenvalue weighted by molar-refractivity contribution is 5.80. The van der Waals surface area contributed by atoms with Crippen LogP contribution < -0.4 is 5.32 Å². The first-order chi connectivity index (χ1) is 10.7. The molecule has 2 heterocycles. The zero-order valence-electron chi connectivity index (χ0n) is 14.3. The van der Waals surface area contributed by atoms with Gasteiger partial charge in [0.05, 0.1) is 19.3 Å². The first kappa shape index (κ1) is 16.1. The van der Waals surface area contributed by atoms with E-state index in [1.807, 2.05) is 0 Å². The molecular weight excluding hydrogens is 276 g/mol. The summed E-state index contributed by atoms with van der Waals surface area (Å²) in [6, 6.07) is 0. The minimum Gasteiger partial charge on any atom is -0.374 e. The van der Waals surface area contributed by atoms with Crippen LogP contribution in [-0.4, -0.2) is 74.8 Å². The predicted octanol–water partition coefficient (Wildman–Crippen LogP) is 1.55. The number of likely N-dealkylation sites (N-methyl/N-ethyl adjacent to an activating group) is 1. The average molecular weight is 308 g/mol. The Bertz CT molecular complexity index is 392. The lowest BCUT2D eigenvalue weighted by atomic mass is 9.86. The molecule has 0 aromatic rings. The minimum atomic E-state index is 0.246. The number of aliphatic imine (C=N–C) groups is 1. The molecule has 1 atom stereocenters. The van der Waals surface area contributed by atoms with Gasteiger partial charge in [-0.05, 0) is 38.6 Å². The second kappa shape index (κ2) is 7.18. The Morgan fingerprint density at radius 3 is 2.82 bits per heavy atom. The molecule has 3 fully saturated rings. The molecule has 5 heteroatoms. The highest BCUT2D eigenvalue weighted by Gasteiger charge is 2.41. The maximum absolute atomic E-state index is 5.84. The highest BCUT2D eigenvalue weighted by atomic mass is 16.5. The van der Waals surface area contributed by atoms with Crippen molar-refractivity contribution < 1.29 is 4.74 Å². The largest absolute Gasteiger partial charge is 0.374 e. The first-order valence-electron chi connectivity index (χ1n) is 9.04. The normalized spacial score (nSPS) is 29.5. The first-order valence-corrected chi connectivity index (χ1v) is 9.04. The summed E-state index contributed by atoms with van der Waals surface area (Å²) in [5, 5.41) is 3.49. The summed E-state index contributed by atoms with van der Waals surface area (Å²) in [6.45, 7) is 9.09. The third-order valence-electron chi connectivity index (χ3n) is 5.52. The van der Waals surface area contributed by atoms with Crippen LogP contribution >= 0.6 is 0 Å². The molecule has 0 aromatic heterocycles. The Balaban J connectivity index is 1.58. The van der Waals surface area contributed by atoms with E-state index in [4.69, 9.17) is 9.73 Å². The van der Waals surface area contributed by atoms with Crippen molar-refractivity contribution in [2.75, 3.05) is 52.9 Å². The van der Waals surface area contributed by atoms with Gasteiger partial charge in [0.15, 0.2) is 5.96 Å². The fraction of sp³-hybridized carbons (Fsp3) is 0.941. The van der Waals surface area contributed by atoms with Gasteiger partial charge in [0.25, 0.3) is 0 Å². The van der Waals surface area contributed by atoms with Crippen LogP contribution in [0.4, 0.5) is 0 Å². The molecule has 3 rings (SSSR count). The number of hydrogen-bond donors (Lipinski definition) is 1. The van der Waals surface area contributed by atoms with Gasteiger partial charge < -0.3 is 19.9 Å². The fourth-order valence-corrected chi connectivity index (χ4v) is 4.24. The zero-order chi connectivity index (χ0) is 15.4. The van der Waals surface area contributed by atoms with E-state index in [0.717, 1.165) is 45.3 Å². The van der Waals surface area contributed by atoms with Gasteiger partial charge in [-0.2, -0.15) is 0 Å². The van der Waals surface area contributed by atoms with Gasteiger partial charge in [0.1, 0.15) is 0 Å².